The molecule has 6 heteroatoms. The molecule has 4 rings (SSSR count). The van der Waals surface area contributed by atoms with Gasteiger partial charge in [0.15, 0.2) is 0 Å². The molecule has 24 heavy (non-hydrogen) atoms. The largest absolute Gasteiger partial charge is 0.419 e. The Bertz CT molecular complexity index is 852. The molecule has 1 aromatic heterocycles. The van der Waals surface area contributed by atoms with E-state index in [4.69, 9.17) is 4.42 Å². The molecule has 2 heterocycles. The van der Waals surface area contributed by atoms with Crippen molar-refractivity contribution in [2.24, 2.45) is 0 Å². The van der Waals surface area contributed by atoms with Crippen molar-refractivity contribution in [3.05, 3.63) is 58.9 Å². The quantitative estimate of drug-likeness (QED) is 0.617. The van der Waals surface area contributed by atoms with Crippen LogP contribution in [0, 0.1) is 0 Å². The first-order valence-corrected chi connectivity index (χ1v) is 9.63. The van der Waals surface area contributed by atoms with E-state index in [1.54, 1.807) is 0 Å². The molecular weight excluding hydrogens is 386 g/mol. The van der Waals surface area contributed by atoms with Crippen LogP contribution in [-0.2, 0) is 6.54 Å². The number of thioether (sulfide) groups is 1. The summed E-state index contributed by atoms with van der Waals surface area (Å²) < 4.78 is 6.86. The molecule has 0 spiro atoms. The third-order valence-electron chi connectivity index (χ3n) is 3.93. The van der Waals surface area contributed by atoms with E-state index in [1.165, 1.54) is 10.6 Å². The second kappa shape index (κ2) is 6.99. The van der Waals surface area contributed by atoms with Gasteiger partial charge >= 0.3 is 0 Å². The molecule has 0 radical (unpaired) electrons. The molecule has 1 aliphatic rings. The van der Waals surface area contributed by atoms with Crippen LogP contribution in [0.4, 0.5) is 5.69 Å². The molecule has 1 aliphatic heterocycles. The summed E-state index contributed by atoms with van der Waals surface area (Å²) in [7, 11) is 0. The number of halogens is 1. The lowest BCUT2D eigenvalue weighted by molar-refractivity contribution is 0.497. The van der Waals surface area contributed by atoms with Gasteiger partial charge in [-0.2, -0.15) is 0 Å². The molecule has 122 valence electrons. The first-order valence-electron chi connectivity index (χ1n) is 7.85. The number of nitrogens with zero attached hydrogens (tertiary/aromatic N) is 3. The van der Waals surface area contributed by atoms with E-state index in [9.17, 15) is 0 Å². The van der Waals surface area contributed by atoms with Crippen LogP contribution in [0.15, 0.2) is 62.3 Å². The Morgan fingerprint density at radius 3 is 2.83 bits per heavy atom. The maximum absolute atomic E-state index is 5.91. The van der Waals surface area contributed by atoms with Gasteiger partial charge in [-0.3, -0.25) is 0 Å². The van der Waals surface area contributed by atoms with Crippen LogP contribution in [0.25, 0.3) is 11.5 Å². The second-order valence-electron chi connectivity index (χ2n) is 5.57. The molecule has 3 aromatic rings. The summed E-state index contributed by atoms with van der Waals surface area (Å²) in [6.07, 6.45) is 1.14. The zero-order valence-electron chi connectivity index (χ0n) is 13.0. The summed E-state index contributed by atoms with van der Waals surface area (Å²) in [6.45, 7) is 1.63. The molecule has 2 aromatic carbocycles. The van der Waals surface area contributed by atoms with Crippen LogP contribution in [0.2, 0.25) is 0 Å². The summed E-state index contributed by atoms with van der Waals surface area (Å²) in [5.41, 5.74) is 2.17. The minimum Gasteiger partial charge on any atom is -0.419 e. The Balaban J connectivity index is 1.59. The molecule has 0 saturated heterocycles. The molecule has 0 bridgehead atoms. The summed E-state index contributed by atoms with van der Waals surface area (Å²) in [5, 5.41) is 8.46. The number of hydrogen-bond donors (Lipinski definition) is 0. The van der Waals surface area contributed by atoms with Gasteiger partial charge in [0.05, 0.1) is 17.8 Å². The maximum atomic E-state index is 5.91. The zero-order valence-corrected chi connectivity index (χ0v) is 15.4. The number of fused-ring (bicyclic) bond motifs is 1. The predicted octanol–water partition coefficient (Wildman–Crippen LogP) is 5.00. The van der Waals surface area contributed by atoms with E-state index < -0.39 is 0 Å². The highest BCUT2D eigenvalue weighted by atomic mass is 79.9. The van der Waals surface area contributed by atoms with E-state index in [0.29, 0.717) is 18.3 Å². The van der Waals surface area contributed by atoms with Crippen molar-refractivity contribution in [3.63, 3.8) is 0 Å². The van der Waals surface area contributed by atoms with Crippen molar-refractivity contribution in [3.8, 4) is 11.5 Å². The SMILES string of the molecule is Brc1ccccc1-c1nnc(CN2CCCSc3ccccc32)o1. The van der Waals surface area contributed by atoms with Gasteiger partial charge in [0.2, 0.25) is 11.8 Å². The van der Waals surface area contributed by atoms with Crippen LogP contribution in [-0.4, -0.2) is 22.5 Å². The van der Waals surface area contributed by atoms with Crippen molar-refractivity contribution in [1.82, 2.24) is 10.2 Å². The van der Waals surface area contributed by atoms with Crippen LogP contribution < -0.4 is 4.90 Å². The normalized spacial score (nSPS) is 14.3. The van der Waals surface area contributed by atoms with Gasteiger partial charge in [-0.25, -0.2) is 0 Å². The Hall–Kier alpha value is -1.79. The van der Waals surface area contributed by atoms with Crippen LogP contribution >= 0.6 is 27.7 Å². The van der Waals surface area contributed by atoms with Crippen molar-refractivity contribution < 1.29 is 4.42 Å². The molecule has 0 aliphatic carbocycles. The van der Waals surface area contributed by atoms with E-state index >= 15 is 0 Å². The molecule has 0 saturated carbocycles. The van der Waals surface area contributed by atoms with Gasteiger partial charge < -0.3 is 9.32 Å². The van der Waals surface area contributed by atoms with E-state index in [0.717, 1.165) is 28.8 Å². The van der Waals surface area contributed by atoms with Gasteiger partial charge in [0, 0.05) is 15.9 Å². The monoisotopic (exact) mass is 401 g/mol. The van der Waals surface area contributed by atoms with Crippen molar-refractivity contribution in [2.45, 2.75) is 17.9 Å². The Kier molecular flexibility index (Phi) is 4.58. The van der Waals surface area contributed by atoms with Crippen LogP contribution in [0.3, 0.4) is 0 Å². The number of anilines is 1. The lowest BCUT2D eigenvalue weighted by atomic mass is 10.2. The number of para-hydroxylation sites is 1. The highest BCUT2D eigenvalue weighted by Gasteiger charge is 2.19. The van der Waals surface area contributed by atoms with Crippen molar-refractivity contribution >= 4 is 33.4 Å². The number of hydrogen-bond acceptors (Lipinski definition) is 5. The summed E-state index contributed by atoms with van der Waals surface area (Å²) in [5.74, 6) is 2.33. The fraction of sp³-hybridized carbons (Fsp3) is 0.222. The topological polar surface area (TPSA) is 42.2 Å². The highest BCUT2D eigenvalue weighted by molar-refractivity contribution is 9.10. The van der Waals surface area contributed by atoms with Gasteiger partial charge in [-0.15, -0.1) is 22.0 Å². The standard InChI is InChI=1S/C18H16BrN3OS/c19-14-7-2-1-6-13(14)18-21-20-17(23-18)12-22-10-5-11-24-16-9-4-3-8-15(16)22/h1-4,6-9H,5,10-12H2. The van der Waals surface area contributed by atoms with Gasteiger partial charge in [-0.1, -0.05) is 24.3 Å². The predicted molar refractivity (Wildman–Crippen MR) is 100 cm³/mol. The molecular formula is C18H16BrN3OS. The third-order valence-corrected chi connectivity index (χ3v) is 5.77. The summed E-state index contributed by atoms with van der Waals surface area (Å²) >= 11 is 5.44. The lowest BCUT2D eigenvalue weighted by Gasteiger charge is -2.22. The van der Waals surface area contributed by atoms with Gasteiger partial charge in [0.1, 0.15) is 0 Å². The van der Waals surface area contributed by atoms with Crippen molar-refractivity contribution in [2.75, 3.05) is 17.2 Å². The average molecular weight is 402 g/mol. The first kappa shape index (κ1) is 15.7. The summed E-state index contributed by atoms with van der Waals surface area (Å²) in [6, 6.07) is 16.4. The fourth-order valence-electron chi connectivity index (χ4n) is 2.79. The molecule has 0 fully saturated rings. The Labute approximate surface area is 153 Å². The van der Waals surface area contributed by atoms with Gasteiger partial charge in [0.25, 0.3) is 0 Å². The average Bonchev–Trinajstić information content (AvgIpc) is 2.97. The van der Waals surface area contributed by atoms with Crippen LogP contribution in [0.1, 0.15) is 12.3 Å². The minimum atomic E-state index is 0.551. The zero-order chi connectivity index (χ0) is 16.4. The first-order chi connectivity index (χ1) is 11.8. The lowest BCUT2D eigenvalue weighted by Crippen LogP contribution is -2.23. The Morgan fingerprint density at radius 1 is 1.08 bits per heavy atom. The second-order valence-corrected chi connectivity index (χ2v) is 7.56. The van der Waals surface area contributed by atoms with E-state index in [-0.39, 0.29) is 0 Å². The van der Waals surface area contributed by atoms with Crippen LogP contribution in [0.5, 0.6) is 0 Å². The minimum absolute atomic E-state index is 0.551. The molecule has 0 unspecified atom stereocenters. The fourth-order valence-corrected chi connectivity index (χ4v) is 4.25. The third kappa shape index (κ3) is 3.21. The van der Waals surface area contributed by atoms with E-state index in [2.05, 4.69) is 55.3 Å². The smallest absolute Gasteiger partial charge is 0.248 e. The Morgan fingerprint density at radius 2 is 1.92 bits per heavy atom. The van der Waals surface area contributed by atoms with Crippen molar-refractivity contribution in [1.29, 1.82) is 0 Å². The highest BCUT2D eigenvalue weighted by Crippen LogP contribution is 2.34. The molecule has 0 N–H and O–H groups in total. The number of rotatable bonds is 3. The molecule has 0 atom stereocenters. The molecule has 0 amide bonds. The van der Waals surface area contributed by atoms with E-state index in [1.807, 2.05) is 36.0 Å². The van der Waals surface area contributed by atoms with Gasteiger partial charge in [-0.05, 0) is 52.4 Å². The number of benzene rings is 2. The summed E-state index contributed by atoms with van der Waals surface area (Å²) in [4.78, 5) is 3.65. The number of aromatic nitrogens is 2. The maximum Gasteiger partial charge on any atom is 0.248 e. The molecule has 4 nitrogen and oxygen atoms in total.